The van der Waals surface area contributed by atoms with E-state index in [2.05, 4.69) is 30.2 Å². The zero-order valence-electron chi connectivity index (χ0n) is 14.5. The Balaban J connectivity index is 0.00000182. The van der Waals surface area contributed by atoms with Gasteiger partial charge in [-0.15, -0.1) is 22.6 Å². The van der Waals surface area contributed by atoms with Crippen LogP contribution in [0.5, 0.6) is 0 Å². The van der Waals surface area contributed by atoms with Gasteiger partial charge in [0.25, 0.3) is 0 Å². The molecule has 1 saturated carbocycles. The van der Waals surface area contributed by atoms with Gasteiger partial charge in [0.2, 0.25) is 5.89 Å². The smallest absolute Gasteiger partial charge is 0.229 e. The van der Waals surface area contributed by atoms with Crippen LogP contribution in [0, 0.1) is 0 Å². The molecular weight excluding hydrogens is 360 g/mol. The Bertz CT molecular complexity index is 678. The zero-order chi connectivity index (χ0) is 16.4. The van der Waals surface area contributed by atoms with Gasteiger partial charge in [0.1, 0.15) is 5.82 Å². The topological polar surface area (TPSA) is 81.7 Å². The predicted octanol–water partition coefficient (Wildman–Crippen LogP) is 3.04. The molecule has 1 aliphatic carbocycles. The summed E-state index contributed by atoms with van der Waals surface area (Å²) < 4.78 is 7.55. The molecule has 2 fully saturated rings. The summed E-state index contributed by atoms with van der Waals surface area (Å²) in [6, 6.07) is 0. The number of hydrogen-bond donors (Lipinski definition) is 1. The van der Waals surface area contributed by atoms with Crippen LogP contribution >= 0.6 is 24.2 Å². The highest BCUT2D eigenvalue weighted by Gasteiger charge is 2.24. The second-order valence-electron chi connectivity index (χ2n) is 6.76. The maximum atomic E-state index is 5.44. The number of halogens is 1. The molecule has 0 spiro atoms. The Kier molecular flexibility index (Phi) is 6.35. The van der Waals surface area contributed by atoms with Crippen molar-refractivity contribution in [3.8, 4) is 0 Å². The summed E-state index contributed by atoms with van der Waals surface area (Å²) in [6.45, 7) is 2.10. The lowest BCUT2D eigenvalue weighted by atomic mass is 9.99. The van der Waals surface area contributed by atoms with Gasteiger partial charge in [0.15, 0.2) is 11.0 Å². The minimum Gasteiger partial charge on any atom is -0.339 e. The van der Waals surface area contributed by atoms with Crippen molar-refractivity contribution >= 4 is 24.2 Å². The Hall–Kier alpha value is -1.12. The summed E-state index contributed by atoms with van der Waals surface area (Å²) in [6.07, 6.45) is 7.28. The molecule has 138 valence electrons. The molecule has 1 N–H and O–H groups in total. The van der Waals surface area contributed by atoms with Crippen molar-refractivity contribution in [2.45, 2.75) is 61.3 Å². The highest BCUT2D eigenvalue weighted by atomic mass is 35.5. The van der Waals surface area contributed by atoms with Gasteiger partial charge in [-0.3, -0.25) is 0 Å². The van der Waals surface area contributed by atoms with E-state index in [1.54, 1.807) is 11.8 Å². The van der Waals surface area contributed by atoms with Gasteiger partial charge < -0.3 is 14.4 Å². The molecule has 0 aromatic carbocycles. The largest absolute Gasteiger partial charge is 0.339 e. The number of thioether (sulfide) groups is 1. The average Bonchev–Trinajstić information content (AvgIpc) is 3.35. The van der Waals surface area contributed by atoms with Crippen LogP contribution < -0.4 is 5.32 Å². The van der Waals surface area contributed by atoms with Gasteiger partial charge in [0.05, 0.1) is 5.75 Å². The third kappa shape index (κ3) is 4.17. The Morgan fingerprint density at radius 2 is 1.96 bits per heavy atom. The van der Waals surface area contributed by atoms with Crippen LogP contribution in [0.1, 0.15) is 67.9 Å². The summed E-state index contributed by atoms with van der Waals surface area (Å²) in [5, 5.41) is 17.2. The van der Waals surface area contributed by atoms with Gasteiger partial charge in [0, 0.05) is 25.4 Å². The van der Waals surface area contributed by atoms with Gasteiger partial charge in [-0.2, -0.15) is 4.98 Å². The van der Waals surface area contributed by atoms with E-state index in [9.17, 15) is 0 Å². The van der Waals surface area contributed by atoms with Crippen LogP contribution in [0.3, 0.4) is 0 Å². The highest BCUT2D eigenvalue weighted by Crippen LogP contribution is 2.33. The maximum absolute atomic E-state index is 5.44. The van der Waals surface area contributed by atoms with Crippen LogP contribution in [0.4, 0.5) is 0 Å². The van der Waals surface area contributed by atoms with Crippen LogP contribution in [0.25, 0.3) is 0 Å². The van der Waals surface area contributed by atoms with Crippen LogP contribution in [0.2, 0.25) is 0 Å². The fraction of sp³-hybridized carbons (Fsp3) is 0.750. The molecule has 2 aromatic rings. The van der Waals surface area contributed by atoms with Crippen LogP contribution in [-0.4, -0.2) is 38.0 Å². The summed E-state index contributed by atoms with van der Waals surface area (Å²) in [7, 11) is 2.05. The highest BCUT2D eigenvalue weighted by molar-refractivity contribution is 7.98. The van der Waals surface area contributed by atoms with E-state index in [1.807, 2.05) is 7.05 Å². The fourth-order valence-corrected chi connectivity index (χ4v) is 4.43. The fourth-order valence-electron chi connectivity index (χ4n) is 3.67. The second kappa shape index (κ2) is 8.51. The number of nitrogens with zero attached hydrogens (tertiary/aromatic N) is 5. The first-order valence-electron chi connectivity index (χ1n) is 8.86. The standard InChI is InChI=1S/C16H24N6OS.ClH/c1-22-14(12-7-4-8-17-9-12)19-20-16(22)24-10-13-18-15(23-21-13)11-5-2-3-6-11;/h11-12,17H,2-10H2,1H3;1H. The van der Waals surface area contributed by atoms with Gasteiger partial charge in [-0.05, 0) is 32.2 Å². The van der Waals surface area contributed by atoms with E-state index < -0.39 is 0 Å². The zero-order valence-corrected chi connectivity index (χ0v) is 16.1. The van der Waals surface area contributed by atoms with Crippen molar-refractivity contribution in [2.24, 2.45) is 7.05 Å². The Morgan fingerprint density at radius 3 is 2.72 bits per heavy atom. The molecule has 4 rings (SSSR count). The molecule has 3 heterocycles. The monoisotopic (exact) mass is 384 g/mol. The molecule has 0 amide bonds. The van der Waals surface area contributed by atoms with Crippen molar-refractivity contribution in [1.29, 1.82) is 0 Å². The van der Waals surface area contributed by atoms with Crippen molar-refractivity contribution in [3.63, 3.8) is 0 Å². The first kappa shape index (κ1) is 18.7. The summed E-state index contributed by atoms with van der Waals surface area (Å²) >= 11 is 1.62. The van der Waals surface area contributed by atoms with E-state index in [4.69, 9.17) is 4.52 Å². The normalized spacial score (nSPS) is 21.4. The van der Waals surface area contributed by atoms with Crippen molar-refractivity contribution in [3.05, 3.63) is 17.5 Å². The molecule has 7 nitrogen and oxygen atoms in total. The number of nitrogens with one attached hydrogen (secondary N) is 1. The number of rotatable bonds is 5. The van der Waals surface area contributed by atoms with Crippen molar-refractivity contribution in [1.82, 2.24) is 30.2 Å². The molecule has 2 aliphatic rings. The first-order chi connectivity index (χ1) is 11.8. The summed E-state index contributed by atoms with van der Waals surface area (Å²) in [5.74, 6) is 4.25. The molecule has 1 unspecified atom stereocenters. The Labute approximate surface area is 158 Å². The first-order valence-corrected chi connectivity index (χ1v) is 9.85. The molecule has 1 aliphatic heterocycles. The molecule has 0 bridgehead atoms. The lowest BCUT2D eigenvalue weighted by Crippen LogP contribution is -2.29. The van der Waals surface area contributed by atoms with Gasteiger partial charge in [-0.1, -0.05) is 29.8 Å². The molecular formula is C16H25ClN6OS. The lowest BCUT2D eigenvalue weighted by Gasteiger charge is -2.21. The van der Waals surface area contributed by atoms with E-state index in [1.165, 1.54) is 38.5 Å². The molecule has 0 radical (unpaired) electrons. The second-order valence-corrected chi connectivity index (χ2v) is 7.70. The van der Waals surface area contributed by atoms with E-state index in [-0.39, 0.29) is 12.4 Å². The Morgan fingerprint density at radius 1 is 1.16 bits per heavy atom. The summed E-state index contributed by atoms with van der Waals surface area (Å²) in [5.41, 5.74) is 0. The number of aromatic nitrogens is 5. The summed E-state index contributed by atoms with van der Waals surface area (Å²) in [4.78, 5) is 4.57. The van der Waals surface area contributed by atoms with Crippen molar-refractivity contribution < 1.29 is 4.52 Å². The minimum atomic E-state index is 0. The van der Waals surface area contributed by atoms with E-state index in [0.29, 0.717) is 17.6 Å². The van der Waals surface area contributed by atoms with E-state index >= 15 is 0 Å². The van der Waals surface area contributed by atoms with E-state index in [0.717, 1.165) is 35.8 Å². The third-order valence-corrected chi connectivity index (χ3v) is 6.07. The molecule has 25 heavy (non-hydrogen) atoms. The predicted molar refractivity (Wildman–Crippen MR) is 98.2 cm³/mol. The molecule has 1 atom stereocenters. The lowest BCUT2D eigenvalue weighted by molar-refractivity contribution is 0.351. The molecule has 2 aromatic heterocycles. The van der Waals surface area contributed by atoms with Gasteiger partial charge in [-0.25, -0.2) is 0 Å². The minimum absolute atomic E-state index is 0. The van der Waals surface area contributed by atoms with Crippen LogP contribution in [0.15, 0.2) is 9.68 Å². The van der Waals surface area contributed by atoms with Crippen LogP contribution in [-0.2, 0) is 12.8 Å². The average molecular weight is 385 g/mol. The SMILES string of the molecule is Cl.Cn1c(SCc2noc(C3CCCC3)n2)nnc1C1CCCNC1. The third-order valence-electron chi connectivity index (χ3n) is 5.05. The number of piperidine rings is 1. The molecule has 1 saturated heterocycles. The quantitative estimate of drug-likeness (QED) is 0.793. The number of hydrogen-bond acceptors (Lipinski definition) is 7. The van der Waals surface area contributed by atoms with Gasteiger partial charge >= 0.3 is 0 Å². The van der Waals surface area contributed by atoms with Crippen molar-refractivity contribution in [2.75, 3.05) is 13.1 Å². The molecule has 9 heteroatoms. The maximum Gasteiger partial charge on any atom is 0.229 e.